The van der Waals surface area contributed by atoms with Crippen LogP contribution in [-0.4, -0.2) is 28.7 Å². The molecular formula is C15H21N3O2S. The fraction of sp³-hybridized carbons (Fsp3) is 0.400. The molecule has 5 nitrogen and oxygen atoms in total. The van der Waals surface area contributed by atoms with Gasteiger partial charge < -0.3 is 4.98 Å². The second-order valence-electron chi connectivity index (χ2n) is 5.13. The average Bonchev–Trinajstić information content (AvgIpc) is 2.92. The number of imidazole rings is 1. The molecule has 6 heteroatoms. The molecule has 1 unspecified atom stereocenters. The van der Waals surface area contributed by atoms with Gasteiger partial charge in [0.2, 0.25) is 0 Å². The lowest BCUT2D eigenvalue weighted by atomic mass is 10.2. The van der Waals surface area contributed by atoms with Crippen molar-refractivity contribution >= 4 is 10.0 Å². The van der Waals surface area contributed by atoms with Gasteiger partial charge in [0.25, 0.3) is 10.0 Å². The van der Waals surface area contributed by atoms with Crippen LogP contribution in [0.5, 0.6) is 0 Å². The molecule has 0 saturated carbocycles. The van der Waals surface area contributed by atoms with Crippen LogP contribution in [0.3, 0.4) is 0 Å². The summed E-state index contributed by atoms with van der Waals surface area (Å²) < 4.78 is 27.1. The number of sulfonamides is 1. The molecule has 0 amide bonds. The summed E-state index contributed by atoms with van der Waals surface area (Å²) in [5.74, 6) is 0.595. The third kappa shape index (κ3) is 3.51. The van der Waals surface area contributed by atoms with Gasteiger partial charge >= 0.3 is 0 Å². The van der Waals surface area contributed by atoms with E-state index in [2.05, 4.69) is 9.97 Å². The number of rotatable bonds is 6. The van der Waals surface area contributed by atoms with E-state index in [9.17, 15) is 8.42 Å². The van der Waals surface area contributed by atoms with Crippen molar-refractivity contribution in [2.45, 2.75) is 44.8 Å². The number of nitrogens with zero attached hydrogens (tertiary/aromatic N) is 2. The van der Waals surface area contributed by atoms with E-state index in [4.69, 9.17) is 0 Å². The molecule has 0 aliphatic heterocycles. The van der Waals surface area contributed by atoms with Crippen LogP contribution in [0.2, 0.25) is 0 Å². The lowest BCUT2D eigenvalue weighted by Crippen LogP contribution is -2.37. The van der Waals surface area contributed by atoms with Gasteiger partial charge in [0.05, 0.1) is 6.20 Å². The summed E-state index contributed by atoms with van der Waals surface area (Å²) in [4.78, 5) is 6.82. The number of H-pyrrole nitrogens is 1. The van der Waals surface area contributed by atoms with Crippen LogP contribution in [0.15, 0.2) is 41.6 Å². The minimum Gasteiger partial charge on any atom is -0.332 e. The van der Waals surface area contributed by atoms with E-state index in [1.165, 1.54) is 10.5 Å². The van der Waals surface area contributed by atoms with Crippen molar-refractivity contribution in [3.05, 3.63) is 47.9 Å². The Bertz CT molecular complexity index is 680. The van der Waals surface area contributed by atoms with Crippen LogP contribution in [-0.2, 0) is 16.6 Å². The summed E-state index contributed by atoms with van der Waals surface area (Å²) in [6, 6.07) is 9.53. The number of aryl methyl sites for hydroxylation is 1. The molecule has 0 aliphatic rings. The number of nitrogens with one attached hydrogen (secondary N) is 1. The Kier molecular flexibility index (Phi) is 4.80. The van der Waals surface area contributed by atoms with Gasteiger partial charge in [0.15, 0.2) is 5.03 Å². The highest BCUT2D eigenvalue weighted by atomic mass is 32.2. The summed E-state index contributed by atoms with van der Waals surface area (Å²) in [5, 5.41) is 0.149. The summed E-state index contributed by atoms with van der Waals surface area (Å²) >= 11 is 0. The largest absolute Gasteiger partial charge is 0.332 e. The van der Waals surface area contributed by atoms with Gasteiger partial charge in [-0.05, 0) is 25.8 Å². The highest BCUT2D eigenvalue weighted by molar-refractivity contribution is 7.89. The lowest BCUT2D eigenvalue weighted by Gasteiger charge is -2.27. The maximum atomic E-state index is 12.8. The maximum absolute atomic E-state index is 12.8. The Morgan fingerprint density at radius 3 is 2.48 bits per heavy atom. The molecule has 0 bridgehead atoms. The molecule has 0 radical (unpaired) electrons. The monoisotopic (exact) mass is 307 g/mol. The summed E-state index contributed by atoms with van der Waals surface area (Å²) in [5.41, 5.74) is 0.970. The molecule has 0 spiro atoms. The Labute approximate surface area is 126 Å². The second kappa shape index (κ2) is 6.41. The molecule has 0 saturated heterocycles. The molecule has 0 aliphatic carbocycles. The van der Waals surface area contributed by atoms with Gasteiger partial charge in [-0.3, -0.25) is 0 Å². The predicted octanol–water partition coefficient (Wildman–Crippen LogP) is 2.71. The van der Waals surface area contributed by atoms with E-state index >= 15 is 0 Å². The van der Waals surface area contributed by atoms with Crippen molar-refractivity contribution in [2.24, 2.45) is 0 Å². The van der Waals surface area contributed by atoms with Crippen LogP contribution in [0.4, 0.5) is 0 Å². The maximum Gasteiger partial charge on any atom is 0.260 e. The Morgan fingerprint density at radius 1 is 1.29 bits per heavy atom. The molecule has 1 atom stereocenters. The summed E-state index contributed by atoms with van der Waals surface area (Å²) in [6.07, 6.45) is 2.13. The smallest absolute Gasteiger partial charge is 0.260 e. The van der Waals surface area contributed by atoms with Crippen LogP contribution >= 0.6 is 0 Å². The first kappa shape index (κ1) is 15.7. The van der Waals surface area contributed by atoms with E-state index in [0.717, 1.165) is 12.0 Å². The zero-order valence-corrected chi connectivity index (χ0v) is 13.4. The molecule has 1 N–H and O–H groups in total. The fourth-order valence-electron chi connectivity index (χ4n) is 2.10. The predicted molar refractivity (Wildman–Crippen MR) is 82.2 cm³/mol. The molecule has 0 fully saturated rings. The standard InChI is InChI=1S/C15H21N3O2S/c1-4-12(2)18(11-14-8-6-5-7-9-14)21(19,20)15-10-16-13(3)17-15/h5-10,12H,4,11H2,1-3H3,(H,16,17). The van der Waals surface area contributed by atoms with Crippen LogP contribution in [0.25, 0.3) is 0 Å². The minimum atomic E-state index is -3.57. The van der Waals surface area contributed by atoms with Crippen molar-refractivity contribution < 1.29 is 8.42 Å². The minimum absolute atomic E-state index is 0.0844. The summed E-state index contributed by atoms with van der Waals surface area (Å²) in [7, 11) is -3.57. The van der Waals surface area contributed by atoms with E-state index in [-0.39, 0.29) is 11.1 Å². The Hall–Kier alpha value is -1.66. The SMILES string of the molecule is CCC(C)N(Cc1ccccc1)S(=O)(=O)c1cnc(C)[nH]1. The molecule has 1 heterocycles. The van der Waals surface area contributed by atoms with Gasteiger partial charge in [-0.2, -0.15) is 4.31 Å². The van der Waals surface area contributed by atoms with Crippen molar-refractivity contribution in [3.8, 4) is 0 Å². The van der Waals surface area contributed by atoms with Crippen molar-refractivity contribution in [1.29, 1.82) is 0 Å². The molecule has 2 rings (SSSR count). The highest BCUT2D eigenvalue weighted by Gasteiger charge is 2.29. The van der Waals surface area contributed by atoms with Gasteiger partial charge in [0, 0.05) is 12.6 Å². The number of hydrogen-bond acceptors (Lipinski definition) is 3. The molecular weight excluding hydrogens is 286 g/mol. The zero-order chi connectivity index (χ0) is 15.5. The van der Waals surface area contributed by atoms with Crippen molar-refractivity contribution in [1.82, 2.24) is 14.3 Å². The van der Waals surface area contributed by atoms with Gasteiger partial charge in [-0.25, -0.2) is 13.4 Å². The lowest BCUT2D eigenvalue weighted by molar-refractivity contribution is 0.322. The first-order chi connectivity index (χ1) is 9.95. The molecule has 21 heavy (non-hydrogen) atoms. The zero-order valence-electron chi connectivity index (χ0n) is 12.6. The second-order valence-corrected chi connectivity index (χ2v) is 6.98. The highest BCUT2D eigenvalue weighted by Crippen LogP contribution is 2.21. The van der Waals surface area contributed by atoms with Crippen LogP contribution < -0.4 is 0 Å². The molecule has 1 aromatic heterocycles. The molecule has 114 valence electrons. The van der Waals surface area contributed by atoms with Gasteiger partial charge in [-0.1, -0.05) is 37.3 Å². The topological polar surface area (TPSA) is 66.1 Å². The Balaban J connectivity index is 2.36. The summed E-state index contributed by atoms with van der Waals surface area (Å²) in [6.45, 7) is 6.00. The third-order valence-corrected chi connectivity index (χ3v) is 5.40. The van der Waals surface area contributed by atoms with E-state index in [1.807, 2.05) is 44.2 Å². The average molecular weight is 307 g/mol. The van der Waals surface area contributed by atoms with E-state index in [1.54, 1.807) is 6.92 Å². The fourth-order valence-corrected chi connectivity index (χ4v) is 3.76. The molecule has 2 aromatic rings. The van der Waals surface area contributed by atoms with Crippen LogP contribution in [0.1, 0.15) is 31.7 Å². The first-order valence-corrected chi connectivity index (χ1v) is 8.46. The van der Waals surface area contributed by atoms with E-state index in [0.29, 0.717) is 12.4 Å². The molecule has 1 aromatic carbocycles. The number of hydrogen-bond donors (Lipinski definition) is 1. The van der Waals surface area contributed by atoms with Crippen molar-refractivity contribution in [3.63, 3.8) is 0 Å². The number of benzene rings is 1. The van der Waals surface area contributed by atoms with Gasteiger partial charge in [0.1, 0.15) is 5.82 Å². The van der Waals surface area contributed by atoms with Gasteiger partial charge in [-0.15, -0.1) is 0 Å². The quantitative estimate of drug-likeness (QED) is 0.892. The number of aromatic amines is 1. The van der Waals surface area contributed by atoms with Crippen molar-refractivity contribution in [2.75, 3.05) is 0 Å². The third-order valence-electron chi connectivity index (χ3n) is 3.53. The first-order valence-electron chi connectivity index (χ1n) is 7.02. The van der Waals surface area contributed by atoms with Crippen LogP contribution in [0, 0.1) is 6.92 Å². The van der Waals surface area contributed by atoms with E-state index < -0.39 is 10.0 Å². The number of aromatic nitrogens is 2. The Morgan fingerprint density at radius 2 is 1.95 bits per heavy atom. The normalized spacial score (nSPS) is 13.5.